The molecule has 8 heteroatoms. The molecule has 1 heterocycles. The third-order valence-corrected chi connectivity index (χ3v) is 7.24. The predicted molar refractivity (Wildman–Crippen MR) is 105 cm³/mol. The maximum atomic E-state index is 12.2. The predicted octanol–water partition coefficient (Wildman–Crippen LogP) is 3.25. The van der Waals surface area contributed by atoms with E-state index in [9.17, 15) is 9.59 Å². The minimum atomic E-state index is -0.367. The molecule has 0 spiro atoms. The molecule has 0 saturated carbocycles. The minimum absolute atomic E-state index is 0.0781. The van der Waals surface area contributed by atoms with Crippen molar-refractivity contribution in [2.24, 2.45) is 5.73 Å². The van der Waals surface area contributed by atoms with E-state index in [1.54, 1.807) is 0 Å². The van der Waals surface area contributed by atoms with Crippen molar-refractivity contribution in [3.63, 3.8) is 0 Å². The van der Waals surface area contributed by atoms with Crippen LogP contribution in [0, 0.1) is 6.92 Å². The Morgan fingerprint density at radius 2 is 2.04 bits per heavy atom. The number of nitrogens with two attached hydrogens (primary N) is 1. The standard InChI is InChI=1S/C17H19N3O2S3/c1-10-16(24-8-14(18)21)25-17(19-10)20-15(22)9-23-13-6-5-11-3-2-4-12(11)7-13/h5-7H,2-4,8-9H2,1H3,(H2,18,21)(H,19,20,22). The van der Waals surface area contributed by atoms with Gasteiger partial charge in [-0.2, -0.15) is 0 Å². The van der Waals surface area contributed by atoms with Crippen molar-refractivity contribution >= 4 is 51.8 Å². The summed E-state index contributed by atoms with van der Waals surface area (Å²) in [6, 6.07) is 6.47. The van der Waals surface area contributed by atoms with Gasteiger partial charge in [-0.3, -0.25) is 9.59 Å². The highest BCUT2D eigenvalue weighted by atomic mass is 32.2. The minimum Gasteiger partial charge on any atom is -0.369 e. The molecule has 0 unspecified atom stereocenters. The van der Waals surface area contributed by atoms with E-state index in [0.29, 0.717) is 10.9 Å². The number of benzene rings is 1. The normalized spacial score (nSPS) is 12.8. The summed E-state index contributed by atoms with van der Waals surface area (Å²) < 4.78 is 0.903. The second kappa shape index (κ2) is 8.25. The number of amides is 2. The van der Waals surface area contributed by atoms with Crippen molar-refractivity contribution in [1.82, 2.24) is 4.98 Å². The van der Waals surface area contributed by atoms with Crippen LogP contribution in [0.4, 0.5) is 5.13 Å². The van der Waals surface area contributed by atoms with Crippen molar-refractivity contribution < 1.29 is 9.59 Å². The van der Waals surface area contributed by atoms with Crippen LogP contribution in [0.5, 0.6) is 0 Å². The van der Waals surface area contributed by atoms with Gasteiger partial charge in [0.1, 0.15) is 0 Å². The first-order valence-corrected chi connectivity index (χ1v) is 10.7. The van der Waals surface area contributed by atoms with Gasteiger partial charge in [-0.05, 0) is 49.4 Å². The van der Waals surface area contributed by atoms with Crippen LogP contribution in [0.3, 0.4) is 0 Å². The SMILES string of the molecule is Cc1nc(NC(=O)CSc2ccc3c(c2)CCC3)sc1SCC(N)=O. The maximum absolute atomic E-state index is 12.2. The Morgan fingerprint density at radius 1 is 1.24 bits per heavy atom. The molecule has 1 aliphatic rings. The number of aryl methyl sites for hydroxylation is 3. The number of carbonyl (C=O) groups is 2. The molecule has 0 bridgehead atoms. The quantitative estimate of drug-likeness (QED) is 0.706. The summed E-state index contributed by atoms with van der Waals surface area (Å²) in [4.78, 5) is 28.5. The van der Waals surface area contributed by atoms with Crippen molar-refractivity contribution in [1.29, 1.82) is 0 Å². The maximum Gasteiger partial charge on any atom is 0.236 e. The first-order chi connectivity index (χ1) is 12.0. The lowest BCUT2D eigenvalue weighted by molar-refractivity contribution is -0.115. The average molecular weight is 394 g/mol. The summed E-state index contributed by atoms with van der Waals surface area (Å²) in [5, 5.41) is 3.39. The Morgan fingerprint density at radius 3 is 2.84 bits per heavy atom. The molecule has 2 amide bonds. The van der Waals surface area contributed by atoms with Crippen LogP contribution in [0.2, 0.25) is 0 Å². The summed E-state index contributed by atoms with van der Waals surface area (Å²) in [7, 11) is 0. The van der Waals surface area contributed by atoms with Gasteiger partial charge in [0.2, 0.25) is 11.8 Å². The van der Waals surface area contributed by atoms with E-state index in [2.05, 4.69) is 28.5 Å². The topological polar surface area (TPSA) is 85.1 Å². The molecule has 3 N–H and O–H groups in total. The summed E-state index contributed by atoms with van der Waals surface area (Å²) in [5.41, 5.74) is 8.81. The summed E-state index contributed by atoms with van der Waals surface area (Å²) in [6.45, 7) is 1.86. The van der Waals surface area contributed by atoms with Crippen LogP contribution >= 0.6 is 34.9 Å². The average Bonchev–Trinajstić information content (AvgIpc) is 3.16. The highest BCUT2D eigenvalue weighted by Gasteiger charge is 2.14. The lowest BCUT2D eigenvalue weighted by atomic mass is 10.1. The monoisotopic (exact) mass is 393 g/mol. The lowest BCUT2D eigenvalue weighted by Crippen LogP contribution is -2.13. The van der Waals surface area contributed by atoms with E-state index in [0.717, 1.165) is 21.2 Å². The molecule has 0 fully saturated rings. The van der Waals surface area contributed by atoms with E-state index in [4.69, 9.17) is 5.73 Å². The molecular formula is C17H19N3O2S3. The molecule has 0 atom stereocenters. The number of carbonyl (C=O) groups excluding carboxylic acids is 2. The Kier molecular flexibility index (Phi) is 6.03. The molecule has 0 radical (unpaired) electrons. The number of fused-ring (bicyclic) bond motifs is 1. The third-order valence-electron chi connectivity index (χ3n) is 3.79. The van der Waals surface area contributed by atoms with Crippen molar-refractivity contribution in [3.05, 3.63) is 35.0 Å². The summed E-state index contributed by atoms with van der Waals surface area (Å²) >= 11 is 4.26. The van der Waals surface area contributed by atoms with Gasteiger partial charge in [-0.1, -0.05) is 17.4 Å². The van der Waals surface area contributed by atoms with Gasteiger partial charge in [0, 0.05) is 4.90 Å². The molecule has 132 valence electrons. The molecule has 0 aliphatic heterocycles. The third kappa shape index (κ3) is 4.99. The molecule has 0 saturated heterocycles. The molecule has 1 aliphatic carbocycles. The summed E-state index contributed by atoms with van der Waals surface area (Å²) in [5.74, 6) is 0.117. The Labute approximate surface area is 159 Å². The van der Waals surface area contributed by atoms with Gasteiger partial charge in [0.25, 0.3) is 0 Å². The van der Waals surface area contributed by atoms with E-state index in [1.165, 1.54) is 58.8 Å². The number of hydrogen-bond donors (Lipinski definition) is 2. The van der Waals surface area contributed by atoms with Crippen molar-refractivity contribution in [2.45, 2.75) is 35.3 Å². The van der Waals surface area contributed by atoms with Gasteiger partial charge >= 0.3 is 0 Å². The highest BCUT2D eigenvalue weighted by molar-refractivity contribution is 8.01. The fraction of sp³-hybridized carbons (Fsp3) is 0.353. The first kappa shape index (κ1) is 18.3. The molecular weight excluding hydrogens is 374 g/mol. The molecule has 25 heavy (non-hydrogen) atoms. The Bertz CT molecular complexity index is 804. The number of primary amides is 1. The molecule has 1 aromatic heterocycles. The molecule has 5 nitrogen and oxygen atoms in total. The summed E-state index contributed by atoms with van der Waals surface area (Å²) in [6.07, 6.45) is 3.53. The van der Waals surface area contributed by atoms with E-state index < -0.39 is 0 Å². The zero-order valence-electron chi connectivity index (χ0n) is 13.8. The van der Waals surface area contributed by atoms with E-state index in [1.807, 2.05) is 6.92 Å². The Balaban J connectivity index is 1.52. The lowest BCUT2D eigenvalue weighted by Gasteiger charge is -2.05. The molecule has 2 aromatic rings. The van der Waals surface area contributed by atoms with Gasteiger partial charge in [-0.25, -0.2) is 4.98 Å². The number of aromatic nitrogens is 1. The van der Waals surface area contributed by atoms with Crippen LogP contribution in [0.25, 0.3) is 0 Å². The van der Waals surface area contributed by atoms with Crippen molar-refractivity contribution in [2.75, 3.05) is 16.8 Å². The first-order valence-electron chi connectivity index (χ1n) is 7.94. The fourth-order valence-corrected chi connectivity index (χ4v) is 5.30. The second-order valence-corrected chi connectivity index (χ2v) is 9.06. The number of hydrogen-bond acceptors (Lipinski definition) is 6. The fourth-order valence-electron chi connectivity index (χ4n) is 2.65. The van der Waals surface area contributed by atoms with Gasteiger partial charge < -0.3 is 11.1 Å². The number of rotatable bonds is 7. The zero-order valence-corrected chi connectivity index (χ0v) is 16.3. The highest BCUT2D eigenvalue weighted by Crippen LogP contribution is 2.32. The van der Waals surface area contributed by atoms with Crippen LogP contribution < -0.4 is 11.1 Å². The van der Waals surface area contributed by atoms with E-state index >= 15 is 0 Å². The number of nitrogens with one attached hydrogen (secondary N) is 1. The van der Waals surface area contributed by atoms with Crippen LogP contribution in [-0.4, -0.2) is 28.3 Å². The van der Waals surface area contributed by atoms with Gasteiger partial charge in [0.15, 0.2) is 5.13 Å². The largest absolute Gasteiger partial charge is 0.369 e. The van der Waals surface area contributed by atoms with Crippen LogP contribution in [0.1, 0.15) is 23.2 Å². The van der Waals surface area contributed by atoms with Gasteiger partial charge in [-0.15, -0.1) is 23.5 Å². The van der Waals surface area contributed by atoms with E-state index in [-0.39, 0.29) is 17.6 Å². The molecule has 1 aromatic carbocycles. The molecule has 3 rings (SSSR count). The Hall–Kier alpha value is -1.51. The smallest absolute Gasteiger partial charge is 0.236 e. The number of nitrogens with zero attached hydrogens (tertiary/aromatic N) is 1. The zero-order chi connectivity index (χ0) is 17.8. The number of thiazole rings is 1. The number of thioether (sulfide) groups is 2. The van der Waals surface area contributed by atoms with Crippen LogP contribution in [-0.2, 0) is 22.4 Å². The van der Waals surface area contributed by atoms with Crippen molar-refractivity contribution in [3.8, 4) is 0 Å². The number of anilines is 1. The van der Waals surface area contributed by atoms with Crippen LogP contribution in [0.15, 0.2) is 27.3 Å². The second-order valence-electron chi connectivity index (χ2n) is 5.77. The van der Waals surface area contributed by atoms with Gasteiger partial charge in [0.05, 0.1) is 21.4 Å².